The van der Waals surface area contributed by atoms with Crippen molar-refractivity contribution in [1.82, 2.24) is 5.32 Å². The van der Waals surface area contributed by atoms with Crippen LogP contribution in [0.25, 0.3) is 17.2 Å². The number of nitrogens with zero attached hydrogens (tertiary/aromatic N) is 1. The van der Waals surface area contributed by atoms with Crippen molar-refractivity contribution in [3.05, 3.63) is 166 Å². The van der Waals surface area contributed by atoms with Crippen molar-refractivity contribution in [1.29, 1.82) is 5.26 Å². The largest absolute Gasteiger partial charge is 0.508 e. The van der Waals surface area contributed by atoms with Gasteiger partial charge in [-0.2, -0.15) is 5.26 Å². The Balaban J connectivity index is 1.25. The molecule has 0 saturated heterocycles. The first-order valence-electron chi connectivity index (χ1n) is 16.7. The molecule has 1 unspecified atom stereocenters. The molecule has 1 aromatic heterocycles. The number of ether oxygens (including phenoxy) is 1. The lowest BCUT2D eigenvalue weighted by Gasteiger charge is -2.18. The van der Waals surface area contributed by atoms with Crippen molar-refractivity contribution in [2.45, 2.75) is 17.1 Å². The number of hydrogen-bond acceptors (Lipinski definition) is 8. The van der Waals surface area contributed by atoms with Gasteiger partial charge >= 0.3 is 0 Å². The zero-order chi connectivity index (χ0) is 38.0. The zero-order valence-electron chi connectivity index (χ0n) is 29.2. The van der Waals surface area contributed by atoms with Gasteiger partial charge in [-0.05, 0) is 66.6 Å². The Bertz CT molecular complexity index is 2370. The van der Waals surface area contributed by atoms with E-state index in [1.807, 2.05) is 73.0 Å². The van der Waals surface area contributed by atoms with Crippen LogP contribution in [0.1, 0.15) is 37.9 Å². The Hall–Kier alpha value is -6.61. The molecule has 54 heavy (non-hydrogen) atoms. The number of amides is 3. The minimum absolute atomic E-state index is 0.0204. The fraction of sp³-hybridized carbons (Fsp3) is 0.0698. The number of benzene rings is 5. The molecule has 1 heterocycles. The number of phenolic OH excluding ortho intramolecular Hbond substituents is 1. The van der Waals surface area contributed by atoms with Crippen molar-refractivity contribution in [3.63, 3.8) is 0 Å². The number of nitrogens with one attached hydrogen (secondary N) is 3. The molecule has 268 valence electrons. The van der Waals surface area contributed by atoms with Gasteiger partial charge in [0.1, 0.15) is 33.5 Å². The number of carbonyl (C=O) groups is 3. The molecule has 0 spiro atoms. The van der Waals surface area contributed by atoms with Crippen molar-refractivity contribution in [2.24, 2.45) is 0 Å². The minimum Gasteiger partial charge on any atom is -0.508 e. The molecule has 0 saturated carbocycles. The summed E-state index contributed by atoms with van der Waals surface area (Å²) in [5.74, 6) is -1.14. The third-order valence-corrected chi connectivity index (χ3v) is 10.4. The molecular weight excluding hydrogens is 717 g/mol. The van der Waals surface area contributed by atoms with Gasteiger partial charge in [-0.3, -0.25) is 14.4 Å². The molecule has 0 aliphatic carbocycles. The molecule has 0 fully saturated rings. The predicted octanol–water partition coefficient (Wildman–Crippen LogP) is 9.19. The second-order valence-corrected chi connectivity index (χ2v) is 14.1. The molecule has 0 aliphatic rings. The lowest BCUT2D eigenvalue weighted by Crippen LogP contribution is -2.30. The van der Waals surface area contributed by atoms with Crippen molar-refractivity contribution >= 4 is 57.6 Å². The Morgan fingerprint density at radius 2 is 1.59 bits per heavy atom. The molecule has 0 radical (unpaired) electrons. The summed E-state index contributed by atoms with van der Waals surface area (Å²) in [6.45, 7) is 2.00. The van der Waals surface area contributed by atoms with E-state index in [1.165, 1.54) is 48.4 Å². The van der Waals surface area contributed by atoms with Crippen LogP contribution in [-0.4, -0.2) is 29.9 Å². The summed E-state index contributed by atoms with van der Waals surface area (Å²) < 4.78 is 5.40. The fourth-order valence-corrected chi connectivity index (χ4v) is 7.49. The van der Waals surface area contributed by atoms with E-state index in [9.17, 15) is 24.8 Å². The lowest BCUT2D eigenvalue weighted by atomic mass is 10.0. The highest BCUT2D eigenvalue weighted by molar-refractivity contribution is 8.00. The van der Waals surface area contributed by atoms with Gasteiger partial charge in [-0.1, -0.05) is 84.4 Å². The van der Waals surface area contributed by atoms with Crippen LogP contribution in [0.4, 0.5) is 10.7 Å². The number of phenols is 1. The van der Waals surface area contributed by atoms with Gasteiger partial charge < -0.3 is 25.8 Å². The molecule has 1 atom stereocenters. The topological polar surface area (TPSA) is 141 Å². The molecule has 6 aromatic rings. The summed E-state index contributed by atoms with van der Waals surface area (Å²) >= 11 is 2.59. The van der Waals surface area contributed by atoms with Gasteiger partial charge in [0.2, 0.25) is 5.91 Å². The monoisotopic (exact) mass is 750 g/mol. The van der Waals surface area contributed by atoms with Crippen molar-refractivity contribution in [3.8, 4) is 28.7 Å². The maximum atomic E-state index is 14.0. The lowest BCUT2D eigenvalue weighted by molar-refractivity contribution is -0.116. The highest BCUT2D eigenvalue weighted by atomic mass is 32.2. The first-order valence-corrected chi connectivity index (χ1v) is 18.5. The summed E-state index contributed by atoms with van der Waals surface area (Å²) in [6, 6.07) is 39.4. The van der Waals surface area contributed by atoms with E-state index in [2.05, 4.69) is 22.0 Å². The number of rotatable bonds is 12. The number of hydrogen-bond donors (Lipinski definition) is 4. The van der Waals surface area contributed by atoms with Crippen LogP contribution in [0.2, 0.25) is 0 Å². The fourth-order valence-electron chi connectivity index (χ4n) is 5.48. The van der Waals surface area contributed by atoms with Crippen LogP contribution in [-0.2, 0) is 9.59 Å². The summed E-state index contributed by atoms with van der Waals surface area (Å²) in [4.78, 5) is 41.7. The Morgan fingerprint density at radius 1 is 0.870 bits per heavy atom. The Labute approximate surface area is 321 Å². The van der Waals surface area contributed by atoms with Crippen LogP contribution in [0.15, 0.2) is 143 Å². The molecule has 0 bridgehead atoms. The van der Waals surface area contributed by atoms with E-state index in [0.29, 0.717) is 38.0 Å². The first kappa shape index (κ1) is 37.2. The number of thiophene rings is 1. The van der Waals surface area contributed by atoms with E-state index in [1.54, 1.807) is 54.6 Å². The smallest absolute Gasteiger partial charge is 0.272 e. The number of carbonyl (C=O) groups excluding carboxylic acids is 3. The van der Waals surface area contributed by atoms with Crippen LogP contribution in [0.5, 0.6) is 11.5 Å². The van der Waals surface area contributed by atoms with E-state index >= 15 is 0 Å². The maximum absolute atomic E-state index is 14.0. The van der Waals surface area contributed by atoms with Crippen LogP contribution in [0, 0.1) is 18.3 Å². The van der Waals surface area contributed by atoms with Crippen molar-refractivity contribution < 1.29 is 24.2 Å². The SMILES string of the molecule is COc1cc(O)ccc1/C=C(/NC(=O)c1ccccc1)C(=O)Nc1cccc(SC(C(=O)Nc2scc(-c3ccc(C)cc3)c2C#N)c2ccccc2)c1. The molecule has 5 aromatic carbocycles. The Kier molecular flexibility index (Phi) is 11.9. The molecule has 4 N–H and O–H groups in total. The van der Waals surface area contributed by atoms with Crippen LogP contribution in [0.3, 0.4) is 0 Å². The van der Waals surface area contributed by atoms with E-state index in [4.69, 9.17) is 4.74 Å². The maximum Gasteiger partial charge on any atom is 0.272 e. The number of aryl methyl sites for hydroxylation is 1. The standard InChI is InChI=1S/C43H34N4O5S2/c1-27-16-18-28(19-17-27)36-26-53-43(35(36)25-44)47-42(51)39(29-10-5-3-6-11-29)54-34-15-9-14-32(23-34)45-41(50)37(46-40(49)30-12-7-4-8-13-30)22-31-20-21-33(48)24-38(31)52-2/h3-24,26,39,48H,1-2H3,(H,45,50)(H,46,49)(H,47,51)/b37-22+. The van der Waals surface area contributed by atoms with Gasteiger partial charge in [0.05, 0.1) is 12.7 Å². The predicted molar refractivity (Wildman–Crippen MR) is 214 cm³/mol. The molecule has 3 amide bonds. The third-order valence-electron chi connectivity index (χ3n) is 8.23. The van der Waals surface area contributed by atoms with Crippen LogP contribution < -0.4 is 20.7 Å². The summed E-state index contributed by atoms with van der Waals surface area (Å²) in [5.41, 5.74) is 5.05. The highest BCUT2D eigenvalue weighted by Crippen LogP contribution is 2.40. The number of aromatic hydroxyl groups is 1. The molecular formula is C43H34N4O5S2. The van der Waals surface area contributed by atoms with Gasteiger partial charge in [0.25, 0.3) is 11.8 Å². The average Bonchev–Trinajstić information content (AvgIpc) is 3.60. The molecule has 6 rings (SSSR count). The van der Waals surface area contributed by atoms with Gasteiger partial charge in [0, 0.05) is 38.7 Å². The van der Waals surface area contributed by atoms with Crippen LogP contribution >= 0.6 is 23.1 Å². The summed E-state index contributed by atoms with van der Waals surface area (Å²) in [7, 11) is 1.44. The van der Waals surface area contributed by atoms with E-state index < -0.39 is 17.1 Å². The number of thioether (sulfide) groups is 1. The molecule has 9 nitrogen and oxygen atoms in total. The number of nitriles is 1. The molecule has 11 heteroatoms. The minimum atomic E-state index is -0.712. The third kappa shape index (κ3) is 9.05. The summed E-state index contributed by atoms with van der Waals surface area (Å²) in [6.07, 6.45) is 1.47. The first-order chi connectivity index (χ1) is 26.2. The highest BCUT2D eigenvalue weighted by Gasteiger charge is 2.25. The summed E-state index contributed by atoms with van der Waals surface area (Å²) in [5, 5.41) is 30.3. The quantitative estimate of drug-likeness (QED) is 0.0722. The average molecular weight is 751 g/mol. The normalized spacial score (nSPS) is 11.5. The number of methoxy groups -OCH3 is 1. The van der Waals surface area contributed by atoms with Gasteiger partial charge in [-0.15, -0.1) is 23.1 Å². The van der Waals surface area contributed by atoms with E-state index in [0.717, 1.165) is 22.3 Å². The Morgan fingerprint density at radius 3 is 2.30 bits per heavy atom. The van der Waals surface area contributed by atoms with Gasteiger partial charge in [0.15, 0.2) is 0 Å². The van der Waals surface area contributed by atoms with E-state index in [-0.39, 0.29) is 17.4 Å². The second-order valence-electron chi connectivity index (χ2n) is 12.0. The number of anilines is 2. The van der Waals surface area contributed by atoms with Gasteiger partial charge in [-0.25, -0.2) is 0 Å². The second kappa shape index (κ2) is 17.3. The van der Waals surface area contributed by atoms with Crippen molar-refractivity contribution in [2.75, 3.05) is 17.7 Å². The molecule has 0 aliphatic heterocycles. The zero-order valence-corrected chi connectivity index (χ0v) is 30.8.